The summed E-state index contributed by atoms with van der Waals surface area (Å²) in [5, 5.41) is 3.06. The maximum absolute atomic E-state index is 5.32. The highest BCUT2D eigenvalue weighted by Crippen LogP contribution is 2.25. The number of aliphatic imine (C=N–C) groups is 1. The van der Waals surface area contributed by atoms with Gasteiger partial charge in [-0.2, -0.15) is 0 Å². The molecule has 84 valence electrons. The minimum atomic E-state index is 0.206. The predicted octanol–water partition coefficient (Wildman–Crippen LogP) is 1.10. The summed E-state index contributed by atoms with van der Waals surface area (Å²) in [6.45, 7) is 12.4. The molecular weight excluding hydrogens is 176 g/mol. The third kappa shape index (κ3) is 4.46. The molecule has 0 aliphatic rings. The van der Waals surface area contributed by atoms with Crippen molar-refractivity contribution in [1.82, 2.24) is 10.7 Å². The zero-order valence-electron chi connectivity index (χ0n) is 10.0. The lowest BCUT2D eigenvalue weighted by Crippen LogP contribution is -2.42. The van der Waals surface area contributed by atoms with Crippen molar-refractivity contribution in [3.8, 4) is 0 Å². The van der Waals surface area contributed by atoms with E-state index >= 15 is 0 Å². The Balaban J connectivity index is 4.23. The molecule has 0 rings (SSSR count). The Morgan fingerprint density at radius 3 is 2.36 bits per heavy atom. The van der Waals surface area contributed by atoms with Crippen LogP contribution in [0.1, 0.15) is 34.6 Å². The molecule has 0 atom stereocenters. The molecule has 0 aliphatic carbocycles. The average molecular weight is 200 g/mol. The number of nitrogens with one attached hydrogen (secondary N) is 2. The molecule has 4 heteroatoms. The van der Waals surface area contributed by atoms with Crippen molar-refractivity contribution >= 4 is 5.96 Å². The predicted molar refractivity (Wildman–Crippen MR) is 61.9 cm³/mol. The molecule has 0 aromatic heterocycles. The number of guanidine groups is 1. The summed E-state index contributed by atoms with van der Waals surface area (Å²) in [5.41, 5.74) is 2.76. The largest absolute Gasteiger partial charge is 0.356 e. The summed E-state index contributed by atoms with van der Waals surface area (Å²) in [5.74, 6) is 6.59. The van der Waals surface area contributed by atoms with Crippen LogP contribution < -0.4 is 16.6 Å². The van der Waals surface area contributed by atoms with Crippen LogP contribution in [0, 0.1) is 11.3 Å². The van der Waals surface area contributed by atoms with Gasteiger partial charge >= 0.3 is 0 Å². The number of nitrogens with zero attached hydrogens (tertiary/aromatic N) is 1. The van der Waals surface area contributed by atoms with Crippen molar-refractivity contribution in [2.45, 2.75) is 34.6 Å². The fourth-order valence-corrected chi connectivity index (χ4v) is 0.785. The molecule has 4 nitrogen and oxygen atoms in total. The number of nitrogens with two attached hydrogens (primary N) is 1. The Kier molecular flexibility index (Phi) is 5.53. The highest BCUT2D eigenvalue weighted by atomic mass is 15.3. The summed E-state index contributed by atoms with van der Waals surface area (Å²) in [6, 6.07) is 0. The van der Waals surface area contributed by atoms with E-state index in [0.29, 0.717) is 11.9 Å². The summed E-state index contributed by atoms with van der Waals surface area (Å²) in [7, 11) is 0. The van der Waals surface area contributed by atoms with Gasteiger partial charge in [0.1, 0.15) is 0 Å². The van der Waals surface area contributed by atoms with Gasteiger partial charge in [-0.15, -0.1) is 0 Å². The first kappa shape index (κ1) is 13.2. The smallest absolute Gasteiger partial charge is 0.205 e. The van der Waals surface area contributed by atoms with Crippen molar-refractivity contribution < 1.29 is 0 Å². The van der Waals surface area contributed by atoms with E-state index < -0.39 is 0 Å². The Bertz CT molecular complexity index is 185. The number of hydrogen-bond donors (Lipinski definition) is 3. The molecule has 0 amide bonds. The second-order valence-electron chi connectivity index (χ2n) is 4.48. The second kappa shape index (κ2) is 5.86. The average Bonchev–Trinajstić information content (AvgIpc) is 2.12. The van der Waals surface area contributed by atoms with Crippen LogP contribution in [0.3, 0.4) is 0 Å². The van der Waals surface area contributed by atoms with Gasteiger partial charge in [0.25, 0.3) is 0 Å². The van der Waals surface area contributed by atoms with E-state index in [2.05, 4.69) is 43.4 Å². The van der Waals surface area contributed by atoms with Crippen molar-refractivity contribution in [2.24, 2.45) is 22.2 Å². The van der Waals surface area contributed by atoms with E-state index in [9.17, 15) is 0 Å². The van der Waals surface area contributed by atoms with E-state index in [1.54, 1.807) is 0 Å². The molecule has 0 spiro atoms. The Hall–Kier alpha value is -0.770. The summed E-state index contributed by atoms with van der Waals surface area (Å²) in [6.07, 6.45) is 0. The third-order valence-corrected chi connectivity index (χ3v) is 2.69. The molecule has 0 radical (unpaired) electrons. The minimum Gasteiger partial charge on any atom is -0.356 e. The highest BCUT2D eigenvalue weighted by molar-refractivity contribution is 5.79. The standard InChI is InChI=1S/C10H24N4/c1-6-12-9(14-11)13-7-10(4,5)8(2)3/h8H,6-7,11H2,1-5H3,(H2,12,13,14). The molecule has 0 saturated carbocycles. The lowest BCUT2D eigenvalue weighted by molar-refractivity contribution is 0.261. The quantitative estimate of drug-likeness (QED) is 0.275. The molecule has 0 aromatic rings. The molecule has 0 heterocycles. The minimum absolute atomic E-state index is 0.206. The van der Waals surface area contributed by atoms with Crippen LogP contribution in [0.4, 0.5) is 0 Å². The SMILES string of the molecule is CCNC(=NCC(C)(C)C(C)C)NN. The fraction of sp³-hybridized carbons (Fsp3) is 0.900. The van der Waals surface area contributed by atoms with Crippen LogP contribution in [0.5, 0.6) is 0 Å². The Labute approximate surface area is 87.3 Å². The fourth-order valence-electron chi connectivity index (χ4n) is 0.785. The van der Waals surface area contributed by atoms with E-state index in [4.69, 9.17) is 5.84 Å². The van der Waals surface area contributed by atoms with Gasteiger partial charge in [-0.1, -0.05) is 27.7 Å². The van der Waals surface area contributed by atoms with Crippen LogP contribution in [0.25, 0.3) is 0 Å². The van der Waals surface area contributed by atoms with Crippen LogP contribution in [0.15, 0.2) is 4.99 Å². The van der Waals surface area contributed by atoms with Crippen LogP contribution in [0.2, 0.25) is 0 Å². The zero-order valence-corrected chi connectivity index (χ0v) is 10.0. The number of hydrogen-bond acceptors (Lipinski definition) is 2. The number of rotatable bonds is 4. The van der Waals surface area contributed by atoms with E-state index in [-0.39, 0.29) is 5.41 Å². The maximum Gasteiger partial charge on any atom is 0.205 e. The lowest BCUT2D eigenvalue weighted by Gasteiger charge is -2.27. The van der Waals surface area contributed by atoms with Crippen LogP contribution >= 0.6 is 0 Å². The summed E-state index contributed by atoms with van der Waals surface area (Å²) in [4.78, 5) is 4.39. The molecule has 0 saturated heterocycles. The molecular formula is C10H24N4. The highest BCUT2D eigenvalue weighted by Gasteiger charge is 2.21. The normalized spacial score (nSPS) is 13.2. The van der Waals surface area contributed by atoms with Gasteiger partial charge in [0, 0.05) is 13.1 Å². The monoisotopic (exact) mass is 200 g/mol. The number of hydrazine groups is 1. The summed E-state index contributed by atoms with van der Waals surface area (Å²) >= 11 is 0. The van der Waals surface area contributed by atoms with Crippen LogP contribution in [-0.2, 0) is 0 Å². The van der Waals surface area contributed by atoms with Crippen molar-refractivity contribution in [3.05, 3.63) is 0 Å². The van der Waals surface area contributed by atoms with Gasteiger partial charge in [-0.3, -0.25) is 10.4 Å². The second-order valence-corrected chi connectivity index (χ2v) is 4.48. The van der Waals surface area contributed by atoms with E-state index in [0.717, 1.165) is 13.1 Å². The molecule has 0 aromatic carbocycles. The Morgan fingerprint density at radius 1 is 1.43 bits per heavy atom. The van der Waals surface area contributed by atoms with Gasteiger partial charge < -0.3 is 5.32 Å². The summed E-state index contributed by atoms with van der Waals surface area (Å²) < 4.78 is 0. The lowest BCUT2D eigenvalue weighted by atomic mass is 9.81. The molecule has 0 bridgehead atoms. The van der Waals surface area contributed by atoms with Gasteiger partial charge in [0.2, 0.25) is 5.96 Å². The first-order chi connectivity index (χ1) is 6.44. The van der Waals surface area contributed by atoms with Gasteiger partial charge in [0.15, 0.2) is 0 Å². The van der Waals surface area contributed by atoms with Crippen LogP contribution in [-0.4, -0.2) is 19.0 Å². The van der Waals surface area contributed by atoms with Gasteiger partial charge in [-0.25, -0.2) is 5.84 Å². The maximum atomic E-state index is 5.32. The van der Waals surface area contributed by atoms with E-state index in [1.807, 2.05) is 6.92 Å². The van der Waals surface area contributed by atoms with Gasteiger partial charge in [0.05, 0.1) is 0 Å². The molecule has 0 unspecified atom stereocenters. The van der Waals surface area contributed by atoms with Crippen molar-refractivity contribution in [3.63, 3.8) is 0 Å². The van der Waals surface area contributed by atoms with Gasteiger partial charge in [-0.05, 0) is 18.3 Å². The third-order valence-electron chi connectivity index (χ3n) is 2.69. The first-order valence-corrected chi connectivity index (χ1v) is 5.19. The van der Waals surface area contributed by atoms with E-state index in [1.165, 1.54) is 0 Å². The Morgan fingerprint density at radius 2 is 2.00 bits per heavy atom. The van der Waals surface area contributed by atoms with Crippen molar-refractivity contribution in [2.75, 3.05) is 13.1 Å². The van der Waals surface area contributed by atoms with Crippen molar-refractivity contribution in [1.29, 1.82) is 0 Å². The topological polar surface area (TPSA) is 62.4 Å². The molecule has 14 heavy (non-hydrogen) atoms. The zero-order chi connectivity index (χ0) is 11.2. The first-order valence-electron chi connectivity index (χ1n) is 5.19. The molecule has 0 aliphatic heterocycles. The molecule has 4 N–H and O–H groups in total. The molecule has 0 fully saturated rings.